The van der Waals surface area contributed by atoms with Gasteiger partial charge in [-0.25, -0.2) is 4.39 Å². The van der Waals surface area contributed by atoms with Gasteiger partial charge in [0, 0.05) is 28.5 Å². The Hall–Kier alpha value is -0.310. The van der Waals surface area contributed by atoms with E-state index >= 15 is 0 Å². The van der Waals surface area contributed by atoms with Crippen LogP contribution >= 0.6 is 23.2 Å². The average Bonchev–Trinajstić information content (AvgIpc) is 2.32. The standard InChI is InChI=1S/C13H16Cl2FN/c14-10-5-6-12(16)9(7-10)8-17-13-4-2-1-3-11(13)15/h5-7,11,13,17H,1-4,8H2. The molecule has 0 aromatic heterocycles. The van der Waals surface area contributed by atoms with Gasteiger partial charge in [0.1, 0.15) is 5.82 Å². The van der Waals surface area contributed by atoms with Gasteiger partial charge in [-0.15, -0.1) is 11.6 Å². The third-order valence-corrected chi connectivity index (χ3v) is 4.00. The van der Waals surface area contributed by atoms with Crippen molar-refractivity contribution >= 4 is 23.2 Å². The molecule has 4 heteroatoms. The van der Waals surface area contributed by atoms with E-state index in [9.17, 15) is 4.39 Å². The SMILES string of the molecule is Fc1ccc(Cl)cc1CNC1CCCCC1Cl. The van der Waals surface area contributed by atoms with Crippen LogP contribution in [0.2, 0.25) is 5.02 Å². The van der Waals surface area contributed by atoms with E-state index in [0.29, 0.717) is 17.1 Å². The van der Waals surface area contributed by atoms with Crippen molar-refractivity contribution in [1.29, 1.82) is 0 Å². The number of nitrogens with one attached hydrogen (secondary N) is 1. The summed E-state index contributed by atoms with van der Waals surface area (Å²) in [4.78, 5) is 0. The van der Waals surface area contributed by atoms with Gasteiger partial charge in [0.2, 0.25) is 0 Å². The first-order chi connectivity index (χ1) is 8.16. The normalized spacial score (nSPS) is 24.9. The second kappa shape index (κ2) is 6.03. The summed E-state index contributed by atoms with van der Waals surface area (Å²) in [6.07, 6.45) is 4.49. The van der Waals surface area contributed by atoms with Crippen molar-refractivity contribution in [1.82, 2.24) is 5.32 Å². The number of hydrogen-bond donors (Lipinski definition) is 1. The average molecular weight is 276 g/mol. The predicted octanol–water partition coefficient (Wildman–Crippen LogP) is 4.12. The minimum atomic E-state index is -0.219. The zero-order valence-corrected chi connectivity index (χ0v) is 11.1. The second-order valence-electron chi connectivity index (χ2n) is 4.52. The zero-order chi connectivity index (χ0) is 12.3. The maximum atomic E-state index is 13.5. The Morgan fingerprint density at radius 2 is 2.06 bits per heavy atom. The first kappa shape index (κ1) is 13.1. The lowest BCUT2D eigenvalue weighted by Gasteiger charge is -2.28. The summed E-state index contributed by atoms with van der Waals surface area (Å²) in [5.41, 5.74) is 0.604. The van der Waals surface area contributed by atoms with Crippen LogP contribution in [0.25, 0.3) is 0 Å². The smallest absolute Gasteiger partial charge is 0.127 e. The van der Waals surface area contributed by atoms with Gasteiger partial charge in [0.05, 0.1) is 0 Å². The van der Waals surface area contributed by atoms with Crippen molar-refractivity contribution in [2.24, 2.45) is 0 Å². The summed E-state index contributed by atoms with van der Waals surface area (Å²) in [5.74, 6) is -0.219. The maximum absolute atomic E-state index is 13.5. The van der Waals surface area contributed by atoms with Crippen molar-refractivity contribution < 1.29 is 4.39 Å². The molecule has 2 atom stereocenters. The molecule has 1 N–H and O–H groups in total. The highest BCUT2D eigenvalue weighted by atomic mass is 35.5. The summed E-state index contributed by atoms with van der Waals surface area (Å²) >= 11 is 12.1. The van der Waals surface area contributed by atoms with E-state index in [0.717, 1.165) is 12.8 Å². The summed E-state index contributed by atoms with van der Waals surface area (Å²) in [6, 6.07) is 4.91. The Morgan fingerprint density at radius 1 is 1.29 bits per heavy atom. The third kappa shape index (κ3) is 3.57. The summed E-state index contributed by atoms with van der Waals surface area (Å²) in [7, 11) is 0. The minimum Gasteiger partial charge on any atom is -0.308 e. The van der Waals surface area contributed by atoms with Crippen LogP contribution in [0.15, 0.2) is 18.2 Å². The number of hydrogen-bond acceptors (Lipinski definition) is 1. The van der Waals surface area contributed by atoms with Crippen LogP contribution < -0.4 is 5.32 Å². The molecule has 0 aliphatic heterocycles. The number of rotatable bonds is 3. The summed E-state index contributed by atoms with van der Waals surface area (Å²) in [5, 5.41) is 4.05. The fraction of sp³-hybridized carbons (Fsp3) is 0.538. The van der Waals surface area contributed by atoms with Gasteiger partial charge in [-0.2, -0.15) is 0 Å². The van der Waals surface area contributed by atoms with E-state index in [1.165, 1.54) is 18.9 Å². The highest BCUT2D eigenvalue weighted by Gasteiger charge is 2.22. The van der Waals surface area contributed by atoms with E-state index in [1.54, 1.807) is 12.1 Å². The molecule has 1 aromatic rings. The van der Waals surface area contributed by atoms with Crippen molar-refractivity contribution in [3.05, 3.63) is 34.6 Å². The van der Waals surface area contributed by atoms with Gasteiger partial charge in [0.25, 0.3) is 0 Å². The largest absolute Gasteiger partial charge is 0.308 e. The fourth-order valence-corrected chi connectivity index (χ4v) is 2.80. The number of benzene rings is 1. The first-order valence-electron chi connectivity index (χ1n) is 5.98. The lowest BCUT2D eigenvalue weighted by atomic mass is 9.95. The highest BCUT2D eigenvalue weighted by Crippen LogP contribution is 2.23. The van der Waals surface area contributed by atoms with Crippen LogP contribution in [0.3, 0.4) is 0 Å². The van der Waals surface area contributed by atoms with E-state index in [4.69, 9.17) is 23.2 Å². The van der Waals surface area contributed by atoms with Crippen molar-refractivity contribution in [2.45, 2.75) is 43.6 Å². The maximum Gasteiger partial charge on any atom is 0.127 e. The Morgan fingerprint density at radius 3 is 2.82 bits per heavy atom. The molecule has 0 amide bonds. The molecule has 94 valence electrons. The molecule has 1 nitrogen and oxygen atoms in total. The highest BCUT2D eigenvalue weighted by molar-refractivity contribution is 6.30. The molecule has 1 aliphatic rings. The molecule has 2 unspecified atom stereocenters. The van der Waals surface area contributed by atoms with E-state index in [2.05, 4.69) is 5.32 Å². The minimum absolute atomic E-state index is 0.158. The molecule has 2 rings (SSSR count). The van der Waals surface area contributed by atoms with Crippen LogP contribution in [0.1, 0.15) is 31.2 Å². The molecular weight excluding hydrogens is 260 g/mol. The van der Waals surface area contributed by atoms with E-state index in [-0.39, 0.29) is 17.2 Å². The topological polar surface area (TPSA) is 12.0 Å². The molecule has 0 saturated heterocycles. The molecule has 0 spiro atoms. The molecule has 1 fully saturated rings. The lowest BCUT2D eigenvalue weighted by molar-refractivity contribution is 0.376. The molecule has 1 saturated carbocycles. The molecule has 1 aliphatic carbocycles. The van der Waals surface area contributed by atoms with Gasteiger partial charge in [-0.3, -0.25) is 0 Å². The van der Waals surface area contributed by atoms with Gasteiger partial charge >= 0.3 is 0 Å². The van der Waals surface area contributed by atoms with Crippen molar-refractivity contribution in [3.8, 4) is 0 Å². The van der Waals surface area contributed by atoms with Crippen molar-refractivity contribution in [2.75, 3.05) is 0 Å². The third-order valence-electron chi connectivity index (χ3n) is 3.24. The summed E-state index contributed by atoms with van der Waals surface area (Å²) < 4.78 is 13.5. The van der Waals surface area contributed by atoms with Gasteiger partial charge in [0.15, 0.2) is 0 Å². The Kier molecular flexibility index (Phi) is 4.66. The molecule has 0 heterocycles. The van der Waals surface area contributed by atoms with Gasteiger partial charge in [-0.1, -0.05) is 24.4 Å². The molecule has 17 heavy (non-hydrogen) atoms. The lowest BCUT2D eigenvalue weighted by Crippen LogP contribution is -2.39. The Bertz CT molecular complexity index is 384. The van der Waals surface area contributed by atoms with E-state index in [1.807, 2.05) is 0 Å². The quantitative estimate of drug-likeness (QED) is 0.819. The Balaban J connectivity index is 1.94. The second-order valence-corrected chi connectivity index (χ2v) is 5.52. The Labute approximate surface area is 111 Å². The predicted molar refractivity (Wildman–Crippen MR) is 70.1 cm³/mol. The fourth-order valence-electron chi connectivity index (χ4n) is 2.24. The monoisotopic (exact) mass is 275 g/mol. The number of halogens is 3. The van der Waals surface area contributed by atoms with E-state index < -0.39 is 0 Å². The van der Waals surface area contributed by atoms with Crippen LogP contribution in [-0.2, 0) is 6.54 Å². The molecule has 1 aromatic carbocycles. The van der Waals surface area contributed by atoms with Gasteiger partial charge in [-0.05, 0) is 31.0 Å². The molecule has 0 bridgehead atoms. The summed E-state index contributed by atoms with van der Waals surface area (Å²) in [6.45, 7) is 0.486. The van der Waals surface area contributed by atoms with Crippen LogP contribution in [-0.4, -0.2) is 11.4 Å². The van der Waals surface area contributed by atoms with Crippen molar-refractivity contribution in [3.63, 3.8) is 0 Å². The zero-order valence-electron chi connectivity index (χ0n) is 9.56. The first-order valence-corrected chi connectivity index (χ1v) is 6.79. The molecule has 0 radical (unpaired) electrons. The van der Waals surface area contributed by atoms with Crippen LogP contribution in [0, 0.1) is 5.82 Å². The number of alkyl halides is 1. The molecular formula is C13H16Cl2FN. The van der Waals surface area contributed by atoms with Crippen LogP contribution in [0.4, 0.5) is 4.39 Å². The van der Waals surface area contributed by atoms with Crippen LogP contribution in [0.5, 0.6) is 0 Å². The van der Waals surface area contributed by atoms with Gasteiger partial charge < -0.3 is 5.32 Å².